The predicted molar refractivity (Wildman–Crippen MR) is 117 cm³/mol. The standard InChI is InChI=1S/C22H20BrF3N2O4S/c1-10-3-5-12-16(7-10)33(31,32)17-8-11(2)4-6-13(17)18(12)27-20(29)14-9-15(23)19(22(24,25)26)28-21(14)30/h3-8,14-15,18-19H,9H2,1-2H3,(H,27,29)(H,28,30). The number of nitrogens with one attached hydrogen (secondary N) is 2. The van der Waals surface area contributed by atoms with E-state index in [0.29, 0.717) is 22.3 Å². The lowest BCUT2D eigenvalue weighted by atomic mass is 9.91. The van der Waals surface area contributed by atoms with Crippen molar-refractivity contribution in [3.63, 3.8) is 0 Å². The molecule has 33 heavy (non-hydrogen) atoms. The van der Waals surface area contributed by atoms with Gasteiger partial charge in [0.1, 0.15) is 12.0 Å². The van der Waals surface area contributed by atoms with Crippen LogP contribution in [0, 0.1) is 19.8 Å². The quantitative estimate of drug-likeness (QED) is 0.447. The van der Waals surface area contributed by atoms with E-state index in [1.807, 2.05) is 5.32 Å². The number of fused-ring (bicyclic) bond motifs is 2. The molecule has 0 spiro atoms. The topological polar surface area (TPSA) is 92.3 Å². The molecule has 0 aromatic heterocycles. The minimum absolute atomic E-state index is 0.0505. The number of halogens is 4. The lowest BCUT2D eigenvalue weighted by Gasteiger charge is -2.35. The summed E-state index contributed by atoms with van der Waals surface area (Å²) in [5.74, 6) is -3.17. The molecule has 1 fully saturated rings. The van der Waals surface area contributed by atoms with E-state index >= 15 is 0 Å². The van der Waals surface area contributed by atoms with Gasteiger partial charge in [-0.2, -0.15) is 13.2 Å². The molecule has 2 aromatic carbocycles. The third kappa shape index (κ3) is 4.16. The molecule has 0 bridgehead atoms. The minimum atomic E-state index is -4.66. The number of carbonyl (C=O) groups excluding carboxylic acids is 2. The van der Waals surface area contributed by atoms with Crippen molar-refractivity contribution in [3.05, 3.63) is 58.7 Å². The van der Waals surface area contributed by atoms with E-state index in [1.54, 1.807) is 38.1 Å². The van der Waals surface area contributed by atoms with E-state index in [9.17, 15) is 31.2 Å². The second kappa shape index (κ2) is 8.12. The molecule has 1 saturated heterocycles. The average molecular weight is 545 g/mol. The number of rotatable bonds is 2. The van der Waals surface area contributed by atoms with Crippen molar-refractivity contribution in [1.82, 2.24) is 10.6 Å². The van der Waals surface area contributed by atoms with Crippen molar-refractivity contribution >= 4 is 37.6 Å². The van der Waals surface area contributed by atoms with Gasteiger partial charge in [0.05, 0.1) is 15.8 Å². The fraction of sp³-hybridized carbons (Fsp3) is 0.364. The highest BCUT2D eigenvalue weighted by molar-refractivity contribution is 9.09. The molecule has 4 rings (SSSR count). The Morgan fingerprint density at radius 2 is 1.58 bits per heavy atom. The third-order valence-electron chi connectivity index (χ3n) is 5.93. The maximum Gasteiger partial charge on any atom is 0.409 e. The Bertz CT molecular complexity index is 1200. The van der Waals surface area contributed by atoms with Crippen LogP contribution in [0.1, 0.15) is 34.7 Å². The van der Waals surface area contributed by atoms with Crippen LogP contribution in [0.5, 0.6) is 0 Å². The van der Waals surface area contributed by atoms with Crippen LogP contribution in [0.25, 0.3) is 0 Å². The summed E-state index contributed by atoms with van der Waals surface area (Å²) < 4.78 is 65.9. The Hall–Kier alpha value is -2.40. The van der Waals surface area contributed by atoms with Crippen molar-refractivity contribution in [1.29, 1.82) is 0 Å². The first-order valence-electron chi connectivity index (χ1n) is 10.1. The van der Waals surface area contributed by atoms with E-state index in [-0.39, 0.29) is 16.2 Å². The Labute approximate surface area is 197 Å². The van der Waals surface area contributed by atoms with Crippen LogP contribution in [-0.2, 0) is 19.4 Å². The van der Waals surface area contributed by atoms with Crippen LogP contribution in [0.3, 0.4) is 0 Å². The van der Waals surface area contributed by atoms with Gasteiger partial charge in [-0.15, -0.1) is 0 Å². The van der Waals surface area contributed by atoms with Crippen LogP contribution >= 0.6 is 15.9 Å². The average Bonchev–Trinajstić information content (AvgIpc) is 2.72. The van der Waals surface area contributed by atoms with Crippen LogP contribution in [0.4, 0.5) is 13.2 Å². The van der Waals surface area contributed by atoms with Crippen LogP contribution in [0.15, 0.2) is 46.2 Å². The summed E-state index contributed by atoms with van der Waals surface area (Å²) in [5.41, 5.74) is 2.10. The number of hydrogen-bond acceptors (Lipinski definition) is 4. The lowest BCUT2D eigenvalue weighted by Crippen LogP contribution is -2.59. The second-order valence-corrected chi connectivity index (χ2v) is 11.4. The highest BCUT2D eigenvalue weighted by Crippen LogP contribution is 2.42. The Morgan fingerprint density at radius 3 is 2.06 bits per heavy atom. The van der Waals surface area contributed by atoms with Crippen molar-refractivity contribution in [2.45, 2.75) is 53.1 Å². The molecule has 0 aliphatic carbocycles. The van der Waals surface area contributed by atoms with Gasteiger partial charge in [-0.3, -0.25) is 9.59 Å². The lowest BCUT2D eigenvalue weighted by molar-refractivity contribution is -0.169. The van der Waals surface area contributed by atoms with Crippen molar-refractivity contribution < 1.29 is 31.2 Å². The van der Waals surface area contributed by atoms with Gasteiger partial charge in [-0.05, 0) is 54.7 Å². The molecule has 3 atom stereocenters. The zero-order valence-electron chi connectivity index (χ0n) is 17.5. The van der Waals surface area contributed by atoms with Crippen molar-refractivity contribution in [2.75, 3.05) is 0 Å². The zero-order valence-corrected chi connectivity index (χ0v) is 19.9. The van der Waals surface area contributed by atoms with Gasteiger partial charge in [-0.25, -0.2) is 8.42 Å². The maximum absolute atomic E-state index is 13.3. The number of benzene rings is 2. The first-order valence-corrected chi connectivity index (χ1v) is 12.5. The van der Waals surface area contributed by atoms with E-state index in [1.165, 1.54) is 12.1 Å². The summed E-state index contributed by atoms with van der Waals surface area (Å²) in [6.45, 7) is 3.49. The molecule has 0 saturated carbocycles. The number of sulfone groups is 1. The highest BCUT2D eigenvalue weighted by atomic mass is 79.9. The van der Waals surface area contributed by atoms with Crippen molar-refractivity contribution in [3.8, 4) is 0 Å². The molecule has 176 valence electrons. The van der Waals surface area contributed by atoms with Gasteiger partial charge in [0.15, 0.2) is 0 Å². The van der Waals surface area contributed by atoms with E-state index < -0.39 is 50.7 Å². The van der Waals surface area contributed by atoms with Gasteiger partial charge in [-0.1, -0.05) is 40.2 Å². The molecule has 0 radical (unpaired) electrons. The number of amides is 2. The normalized spacial score (nSPS) is 24.4. The Balaban J connectivity index is 1.71. The molecule has 2 N–H and O–H groups in total. The minimum Gasteiger partial charge on any atom is -0.344 e. The van der Waals surface area contributed by atoms with Crippen molar-refractivity contribution in [2.24, 2.45) is 5.92 Å². The van der Waals surface area contributed by atoms with Gasteiger partial charge in [0, 0.05) is 4.83 Å². The molecule has 3 unspecified atom stereocenters. The van der Waals surface area contributed by atoms with Gasteiger partial charge < -0.3 is 10.6 Å². The molecule has 2 aliphatic rings. The number of hydrogen-bond donors (Lipinski definition) is 2. The SMILES string of the molecule is Cc1ccc2c(c1)S(=O)(=O)c1cc(C)ccc1C2NC(=O)C1CC(Br)C(C(F)(F)F)NC1=O. The molecule has 2 amide bonds. The zero-order chi connectivity index (χ0) is 24.3. The molecule has 2 aliphatic heterocycles. The van der Waals surface area contributed by atoms with E-state index in [0.717, 1.165) is 0 Å². The van der Waals surface area contributed by atoms with E-state index in [2.05, 4.69) is 21.2 Å². The summed E-state index contributed by atoms with van der Waals surface area (Å²) in [7, 11) is -3.85. The Kier molecular flexibility index (Phi) is 5.84. The second-order valence-electron chi connectivity index (χ2n) is 8.36. The summed E-state index contributed by atoms with van der Waals surface area (Å²) in [5, 5.41) is 4.59. The van der Waals surface area contributed by atoms with Gasteiger partial charge >= 0.3 is 6.18 Å². The molecule has 6 nitrogen and oxygen atoms in total. The van der Waals surface area contributed by atoms with Gasteiger partial charge in [0.2, 0.25) is 21.7 Å². The molecule has 2 aromatic rings. The first-order chi connectivity index (χ1) is 15.3. The fourth-order valence-electron chi connectivity index (χ4n) is 4.24. The summed E-state index contributed by atoms with van der Waals surface area (Å²) in [6, 6.07) is 6.68. The maximum atomic E-state index is 13.3. The van der Waals surface area contributed by atoms with Crippen LogP contribution < -0.4 is 10.6 Å². The number of carbonyl (C=O) groups is 2. The fourth-order valence-corrected chi connectivity index (χ4v) is 6.95. The van der Waals surface area contributed by atoms with E-state index in [4.69, 9.17) is 0 Å². The largest absolute Gasteiger partial charge is 0.409 e. The number of piperidine rings is 1. The van der Waals surface area contributed by atoms with Gasteiger partial charge in [0.25, 0.3) is 0 Å². The molecule has 11 heteroatoms. The monoisotopic (exact) mass is 544 g/mol. The molecular weight excluding hydrogens is 525 g/mol. The summed E-state index contributed by atoms with van der Waals surface area (Å²) >= 11 is 2.94. The predicted octanol–water partition coefficient (Wildman–Crippen LogP) is 3.49. The number of alkyl halides is 4. The molecular formula is C22H20BrF3N2O4S. The highest BCUT2D eigenvalue weighted by Gasteiger charge is 2.51. The van der Waals surface area contributed by atoms with Crippen LogP contribution in [-0.4, -0.2) is 37.3 Å². The van der Waals surface area contributed by atoms with Crippen LogP contribution in [0.2, 0.25) is 0 Å². The Morgan fingerprint density at radius 1 is 1.06 bits per heavy atom. The smallest absolute Gasteiger partial charge is 0.344 e. The number of aryl methyl sites for hydroxylation is 2. The first kappa shape index (κ1) is 23.7. The summed E-state index contributed by atoms with van der Waals surface area (Å²) in [6.07, 6.45) is -5.01. The molecule has 2 heterocycles. The third-order valence-corrected chi connectivity index (χ3v) is 8.70. The summed E-state index contributed by atoms with van der Waals surface area (Å²) in [4.78, 5) is 24.4.